The second-order valence-corrected chi connectivity index (χ2v) is 10.1. The van der Waals surface area contributed by atoms with Crippen molar-refractivity contribution in [2.24, 2.45) is 5.92 Å². The third kappa shape index (κ3) is 6.12. The van der Waals surface area contributed by atoms with E-state index in [1.807, 2.05) is 0 Å². The lowest BCUT2D eigenvalue weighted by atomic mass is 9.87. The maximum atomic E-state index is 3.91. The fraction of sp³-hybridized carbons (Fsp3) is 0.467. The Hall–Kier alpha value is -2.28. The average Bonchev–Trinajstić information content (AvgIpc) is 3.20. The smallest absolute Gasteiger partial charge is 0.0381 e. The standard InChI is InChI=1S/C30H41N/c1-20(2)15-23(6)29(21(3)4)18-26-17-27(25-12-10-11-22(5)16-25)19-30(24(26)7)31-28-13-8-9-14-28/h10-12,15-17,19,21,28,31H,8-9,13-14,18H2,1-7H3/b29-23-. The number of rotatable bonds is 7. The van der Waals surface area contributed by atoms with Crippen LogP contribution in [0.25, 0.3) is 11.1 Å². The Kier molecular flexibility index (Phi) is 7.81. The highest BCUT2D eigenvalue weighted by Gasteiger charge is 2.18. The highest BCUT2D eigenvalue weighted by molar-refractivity contribution is 5.72. The lowest BCUT2D eigenvalue weighted by Gasteiger charge is -2.22. The van der Waals surface area contributed by atoms with Gasteiger partial charge in [-0.1, -0.05) is 85.4 Å². The van der Waals surface area contributed by atoms with Crippen molar-refractivity contribution in [3.8, 4) is 11.1 Å². The van der Waals surface area contributed by atoms with Crippen molar-refractivity contribution in [3.05, 3.63) is 75.9 Å². The van der Waals surface area contributed by atoms with E-state index >= 15 is 0 Å². The Labute approximate surface area is 190 Å². The van der Waals surface area contributed by atoms with Crippen LogP contribution in [0.5, 0.6) is 0 Å². The molecule has 1 N–H and O–H groups in total. The molecule has 0 bridgehead atoms. The lowest BCUT2D eigenvalue weighted by molar-refractivity contribution is 0.729. The van der Waals surface area contributed by atoms with E-state index in [0.717, 1.165) is 6.42 Å². The van der Waals surface area contributed by atoms with Crippen LogP contribution in [0.1, 0.15) is 77.0 Å². The summed E-state index contributed by atoms with van der Waals surface area (Å²) in [6, 6.07) is 14.3. The van der Waals surface area contributed by atoms with Gasteiger partial charge in [0.2, 0.25) is 0 Å². The minimum atomic E-state index is 0.531. The van der Waals surface area contributed by atoms with Crippen molar-refractivity contribution in [1.82, 2.24) is 0 Å². The summed E-state index contributed by atoms with van der Waals surface area (Å²) in [6.45, 7) is 15.8. The number of nitrogens with one attached hydrogen (secondary N) is 1. The first kappa shape index (κ1) is 23.4. The van der Waals surface area contributed by atoms with Gasteiger partial charge in [-0.25, -0.2) is 0 Å². The van der Waals surface area contributed by atoms with E-state index in [-0.39, 0.29) is 0 Å². The van der Waals surface area contributed by atoms with E-state index in [1.54, 1.807) is 0 Å². The van der Waals surface area contributed by atoms with Crippen molar-refractivity contribution in [2.45, 2.75) is 86.6 Å². The second kappa shape index (κ2) is 10.4. The summed E-state index contributed by atoms with van der Waals surface area (Å²) in [6.07, 6.45) is 8.64. The number of allylic oxidation sites excluding steroid dienone is 4. The van der Waals surface area contributed by atoms with Gasteiger partial charge in [0.1, 0.15) is 0 Å². The summed E-state index contributed by atoms with van der Waals surface area (Å²) in [5, 5.41) is 3.91. The molecule has 0 saturated heterocycles. The molecular weight excluding hydrogens is 374 g/mol. The van der Waals surface area contributed by atoms with Gasteiger partial charge < -0.3 is 5.32 Å². The Morgan fingerprint density at radius 3 is 2.32 bits per heavy atom. The van der Waals surface area contributed by atoms with Gasteiger partial charge in [-0.05, 0) is 88.1 Å². The first-order chi connectivity index (χ1) is 14.7. The molecule has 166 valence electrons. The maximum absolute atomic E-state index is 3.91. The Bertz CT molecular complexity index is 964. The van der Waals surface area contributed by atoms with Crippen molar-refractivity contribution in [3.63, 3.8) is 0 Å². The zero-order chi connectivity index (χ0) is 22.5. The fourth-order valence-electron chi connectivity index (χ4n) is 4.92. The van der Waals surface area contributed by atoms with Crippen LogP contribution < -0.4 is 5.32 Å². The monoisotopic (exact) mass is 415 g/mol. The average molecular weight is 416 g/mol. The molecule has 31 heavy (non-hydrogen) atoms. The maximum Gasteiger partial charge on any atom is 0.0381 e. The summed E-state index contributed by atoms with van der Waals surface area (Å²) in [5.74, 6) is 0.531. The molecule has 1 nitrogen and oxygen atoms in total. The third-order valence-corrected chi connectivity index (χ3v) is 6.67. The molecule has 0 heterocycles. The third-order valence-electron chi connectivity index (χ3n) is 6.67. The van der Waals surface area contributed by atoms with Crippen LogP contribution >= 0.6 is 0 Å². The fourth-order valence-corrected chi connectivity index (χ4v) is 4.92. The van der Waals surface area contributed by atoms with Gasteiger partial charge in [0.05, 0.1) is 0 Å². The quantitative estimate of drug-likeness (QED) is 0.445. The van der Waals surface area contributed by atoms with Gasteiger partial charge in [-0.2, -0.15) is 0 Å². The number of hydrogen-bond donors (Lipinski definition) is 1. The van der Waals surface area contributed by atoms with Gasteiger partial charge in [0.25, 0.3) is 0 Å². The molecule has 2 aromatic carbocycles. The number of benzene rings is 2. The molecule has 0 spiro atoms. The largest absolute Gasteiger partial charge is 0.382 e. The molecule has 1 aliphatic rings. The van der Waals surface area contributed by atoms with Gasteiger partial charge in [-0.3, -0.25) is 0 Å². The van der Waals surface area contributed by atoms with E-state index < -0.39 is 0 Å². The number of aryl methyl sites for hydroxylation is 1. The molecule has 0 amide bonds. The predicted octanol–water partition coefficient (Wildman–Crippen LogP) is 8.81. The molecule has 1 aliphatic carbocycles. The molecule has 0 atom stereocenters. The first-order valence-electron chi connectivity index (χ1n) is 12.1. The van der Waals surface area contributed by atoms with Crippen molar-refractivity contribution in [1.29, 1.82) is 0 Å². The molecule has 1 fully saturated rings. The van der Waals surface area contributed by atoms with Crippen LogP contribution in [0.4, 0.5) is 5.69 Å². The molecule has 3 rings (SSSR count). The minimum absolute atomic E-state index is 0.531. The molecule has 0 aliphatic heterocycles. The van der Waals surface area contributed by atoms with Crippen LogP contribution in [0.15, 0.2) is 59.2 Å². The zero-order valence-electron chi connectivity index (χ0n) is 20.7. The van der Waals surface area contributed by atoms with Crippen LogP contribution in [0.3, 0.4) is 0 Å². The highest BCUT2D eigenvalue weighted by atomic mass is 14.9. The Balaban J connectivity index is 2.08. The lowest BCUT2D eigenvalue weighted by Crippen LogP contribution is -2.16. The molecule has 2 aromatic rings. The normalized spacial score (nSPS) is 15.2. The van der Waals surface area contributed by atoms with Crippen molar-refractivity contribution >= 4 is 5.69 Å². The zero-order valence-corrected chi connectivity index (χ0v) is 20.7. The predicted molar refractivity (Wildman–Crippen MR) is 138 cm³/mol. The molecular formula is C30H41N. The molecule has 0 unspecified atom stereocenters. The van der Waals surface area contributed by atoms with Gasteiger partial charge in [0.15, 0.2) is 0 Å². The molecule has 1 saturated carbocycles. The first-order valence-corrected chi connectivity index (χ1v) is 12.1. The molecule has 0 aromatic heterocycles. The van der Waals surface area contributed by atoms with E-state index in [9.17, 15) is 0 Å². The summed E-state index contributed by atoms with van der Waals surface area (Å²) in [4.78, 5) is 0. The van der Waals surface area contributed by atoms with Crippen LogP contribution in [0, 0.1) is 19.8 Å². The van der Waals surface area contributed by atoms with Crippen LogP contribution in [0.2, 0.25) is 0 Å². The Morgan fingerprint density at radius 1 is 1.00 bits per heavy atom. The van der Waals surface area contributed by atoms with Crippen molar-refractivity contribution < 1.29 is 0 Å². The van der Waals surface area contributed by atoms with Gasteiger partial charge in [-0.15, -0.1) is 0 Å². The number of anilines is 1. The van der Waals surface area contributed by atoms with Gasteiger partial charge >= 0.3 is 0 Å². The van der Waals surface area contributed by atoms with E-state index in [2.05, 4.69) is 96.3 Å². The summed E-state index contributed by atoms with van der Waals surface area (Å²) < 4.78 is 0. The summed E-state index contributed by atoms with van der Waals surface area (Å²) in [7, 11) is 0. The highest BCUT2D eigenvalue weighted by Crippen LogP contribution is 2.34. The SMILES string of the molecule is CC(C)=C/C(C)=C(/Cc1cc(-c2cccc(C)c2)cc(NC2CCCC2)c1C)C(C)C. The van der Waals surface area contributed by atoms with E-state index in [1.165, 1.54) is 75.9 Å². The van der Waals surface area contributed by atoms with E-state index in [0.29, 0.717) is 12.0 Å². The minimum Gasteiger partial charge on any atom is -0.382 e. The Morgan fingerprint density at radius 2 is 1.71 bits per heavy atom. The number of hydrogen-bond acceptors (Lipinski definition) is 1. The van der Waals surface area contributed by atoms with E-state index in [4.69, 9.17) is 0 Å². The topological polar surface area (TPSA) is 12.0 Å². The summed E-state index contributed by atoms with van der Waals surface area (Å²) >= 11 is 0. The van der Waals surface area contributed by atoms with Crippen LogP contribution in [-0.2, 0) is 6.42 Å². The second-order valence-electron chi connectivity index (χ2n) is 10.1. The van der Waals surface area contributed by atoms with Gasteiger partial charge in [0, 0.05) is 11.7 Å². The molecule has 1 heteroatoms. The summed E-state index contributed by atoms with van der Waals surface area (Å²) in [5.41, 5.74) is 12.5. The van der Waals surface area contributed by atoms with Crippen LogP contribution in [-0.4, -0.2) is 6.04 Å². The van der Waals surface area contributed by atoms with Crippen molar-refractivity contribution in [2.75, 3.05) is 5.32 Å². The molecule has 0 radical (unpaired) electrons.